The standard InChI is InChI=1S/C13H18O2/c1-4-5-6-11-8-7-10(2)12(9-11)13(14)15-3/h7-9H,4-6H2,1-3H3. The molecule has 0 aliphatic rings. The van der Waals surface area contributed by atoms with E-state index in [1.807, 2.05) is 19.1 Å². The van der Waals surface area contributed by atoms with Gasteiger partial charge >= 0.3 is 5.97 Å². The molecule has 2 heteroatoms. The molecule has 0 N–H and O–H groups in total. The normalized spacial score (nSPS) is 10.1. The second kappa shape index (κ2) is 5.54. The van der Waals surface area contributed by atoms with Gasteiger partial charge in [0.15, 0.2) is 0 Å². The maximum Gasteiger partial charge on any atom is 0.338 e. The van der Waals surface area contributed by atoms with Crippen LogP contribution in [-0.2, 0) is 11.2 Å². The van der Waals surface area contributed by atoms with Crippen LogP contribution in [-0.4, -0.2) is 13.1 Å². The summed E-state index contributed by atoms with van der Waals surface area (Å²) in [5.41, 5.74) is 2.87. The number of ether oxygens (including phenoxy) is 1. The van der Waals surface area contributed by atoms with Crippen molar-refractivity contribution < 1.29 is 9.53 Å². The molecule has 0 aliphatic carbocycles. The molecule has 0 saturated heterocycles. The zero-order chi connectivity index (χ0) is 11.3. The van der Waals surface area contributed by atoms with Crippen molar-refractivity contribution in [3.8, 4) is 0 Å². The average Bonchev–Trinajstić information content (AvgIpc) is 2.27. The Bertz CT molecular complexity index is 342. The molecule has 1 aromatic rings. The quantitative estimate of drug-likeness (QED) is 0.707. The van der Waals surface area contributed by atoms with E-state index in [-0.39, 0.29) is 5.97 Å². The van der Waals surface area contributed by atoms with E-state index in [1.54, 1.807) is 0 Å². The third-order valence-corrected chi connectivity index (χ3v) is 2.53. The van der Waals surface area contributed by atoms with E-state index in [9.17, 15) is 4.79 Å². The molecule has 0 saturated carbocycles. The summed E-state index contributed by atoms with van der Waals surface area (Å²) in [6, 6.07) is 6.01. The molecular weight excluding hydrogens is 188 g/mol. The van der Waals surface area contributed by atoms with Gasteiger partial charge < -0.3 is 4.74 Å². The minimum atomic E-state index is -0.245. The zero-order valence-corrected chi connectivity index (χ0v) is 9.67. The van der Waals surface area contributed by atoms with Crippen LogP contribution in [0.4, 0.5) is 0 Å². The van der Waals surface area contributed by atoms with E-state index in [0.29, 0.717) is 5.56 Å². The van der Waals surface area contributed by atoms with E-state index >= 15 is 0 Å². The van der Waals surface area contributed by atoms with Gasteiger partial charge in [0, 0.05) is 0 Å². The number of benzene rings is 1. The third-order valence-electron chi connectivity index (χ3n) is 2.53. The van der Waals surface area contributed by atoms with Crippen molar-refractivity contribution >= 4 is 5.97 Å². The fraction of sp³-hybridized carbons (Fsp3) is 0.462. The zero-order valence-electron chi connectivity index (χ0n) is 9.67. The van der Waals surface area contributed by atoms with Crippen LogP contribution in [0.3, 0.4) is 0 Å². The summed E-state index contributed by atoms with van der Waals surface area (Å²) in [5.74, 6) is -0.245. The van der Waals surface area contributed by atoms with Crippen LogP contribution in [0, 0.1) is 6.92 Å². The third kappa shape index (κ3) is 3.08. The monoisotopic (exact) mass is 206 g/mol. The van der Waals surface area contributed by atoms with Gasteiger partial charge in [-0.15, -0.1) is 0 Å². The number of carbonyl (C=O) groups excluding carboxylic acids is 1. The molecule has 0 bridgehead atoms. The predicted molar refractivity (Wildman–Crippen MR) is 61.1 cm³/mol. The van der Waals surface area contributed by atoms with Crippen LogP contribution in [0.25, 0.3) is 0 Å². The molecule has 0 aliphatic heterocycles. The van der Waals surface area contributed by atoms with Gasteiger partial charge in [-0.2, -0.15) is 0 Å². The van der Waals surface area contributed by atoms with E-state index < -0.39 is 0 Å². The second-order valence-electron chi connectivity index (χ2n) is 3.74. The largest absolute Gasteiger partial charge is 0.465 e. The topological polar surface area (TPSA) is 26.3 Å². The number of methoxy groups -OCH3 is 1. The van der Waals surface area contributed by atoms with E-state index in [1.165, 1.54) is 19.1 Å². The molecule has 0 atom stereocenters. The Kier molecular flexibility index (Phi) is 4.35. The van der Waals surface area contributed by atoms with E-state index in [4.69, 9.17) is 4.74 Å². The van der Waals surface area contributed by atoms with Gasteiger partial charge in [-0.1, -0.05) is 25.5 Å². The molecule has 0 amide bonds. The Hall–Kier alpha value is -1.31. The van der Waals surface area contributed by atoms with Crippen LogP contribution in [0.15, 0.2) is 18.2 Å². The van der Waals surface area contributed by atoms with Gasteiger partial charge in [-0.05, 0) is 37.0 Å². The molecule has 0 unspecified atom stereocenters. The molecule has 82 valence electrons. The number of hydrogen-bond donors (Lipinski definition) is 0. The fourth-order valence-electron chi connectivity index (χ4n) is 1.54. The fourth-order valence-corrected chi connectivity index (χ4v) is 1.54. The minimum Gasteiger partial charge on any atom is -0.465 e. The highest BCUT2D eigenvalue weighted by Crippen LogP contribution is 2.14. The first-order valence-corrected chi connectivity index (χ1v) is 5.37. The first kappa shape index (κ1) is 11.8. The summed E-state index contributed by atoms with van der Waals surface area (Å²) in [5, 5.41) is 0. The van der Waals surface area contributed by atoms with Crippen molar-refractivity contribution in [2.45, 2.75) is 33.1 Å². The molecule has 0 fully saturated rings. The highest BCUT2D eigenvalue weighted by atomic mass is 16.5. The van der Waals surface area contributed by atoms with Crippen molar-refractivity contribution in [1.82, 2.24) is 0 Å². The SMILES string of the molecule is CCCCc1ccc(C)c(C(=O)OC)c1. The van der Waals surface area contributed by atoms with Crippen LogP contribution in [0.5, 0.6) is 0 Å². The van der Waals surface area contributed by atoms with Crippen molar-refractivity contribution in [3.05, 3.63) is 34.9 Å². The lowest BCUT2D eigenvalue weighted by molar-refractivity contribution is 0.0600. The number of carbonyl (C=O) groups is 1. The lowest BCUT2D eigenvalue weighted by Gasteiger charge is -2.06. The molecule has 1 aromatic carbocycles. The summed E-state index contributed by atoms with van der Waals surface area (Å²) in [6.07, 6.45) is 3.35. The summed E-state index contributed by atoms with van der Waals surface area (Å²) in [6.45, 7) is 4.09. The molecular formula is C13H18O2. The van der Waals surface area contributed by atoms with E-state index in [0.717, 1.165) is 18.4 Å². The Labute approximate surface area is 91.3 Å². The molecule has 0 heterocycles. The second-order valence-corrected chi connectivity index (χ2v) is 3.74. The Morgan fingerprint density at radius 1 is 1.40 bits per heavy atom. The lowest BCUT2D eigenvalue weighted by Crippen LogP contribution is -2.04. The van der Waals surface area contributed by atoms with E-state index in [2.05, 4.69) is 13.0 Å². The Balaban J connectivity index is 2.89. The predicted octanol–water partition coefficient (Wildman–Crippen LogP) is 3.12. The van der Waals surface area contributed by atoms with Crippen molar-refractivity contribution in [1.29, 1.82) is 0 Å². The number of rotatable bonds is 4. The molecule has 2 nitrogen and oxygen atoms in total. The van der Waals surface area contributed by atoms with Gasteiger partial charge in [0.05, 0.1) is 12.7 Å². The Morgan fingerprint density at radius 2 is 2.13 bits per heavy atom. The first-order chi connectivity index (χ1) is 7.19. The van der Waals surface area contributed by atoms with Crippen LogP contribution in [0.1, 0.15) is 41.3 Å². The number of hydrogen-bond acceptors (Lipinski definition) is 2. The van der Waals surface area contributed by atoms with Crippen molar-refractivity contribution in [3.63, 3.8) is 0 Å². The Morgan fingerprint density at radius 3 is 2.73 bits per heavy atom. The molecule has 1 rings (SSSR count). The van der Waals surface area contributed by atoms with Crippen LogP contribution in [0.2, 0.25) is 0 Å². The molecule has 0 spiro atoms. The highest BCUT2D eigenvalue weighted by molar-refractivity contribution is 5.91. The van der Waals surface area contributed by atoms with Gasteiger partial charge in [0.1, 0.15) is 0 Å². The summed E-state index contributed by atoms with van der Waals surface area (Å²) >= 11 is 0. The van der Waals surface area contributed by atoms with Gasteiger partial charge in [0.2, 0.25) is 0 Å². The maximum atomic E-state index is 11.4. The van der Waals surface area contributed by atoms with Crippen molar-refractivity contribution in [2.75, 3.05) is 7.11 Å². The molecule has 0 radical (unpaired) electrons. The first-order valence-electron chi connectivity index (χ1n) is 5.37. The van der Waals surface area contributed by atoms with Crippen LogP contribution >= 0.6 is 0 Å². The van der Waals surface area contributed by atoms with Gasteiger partial charge in [-0.3, -0.25) is 0 Å². The van der Waals surface area contributed by atoms with Gasteiger partial charge in [0.25, 0.3) is 0 Å². The minimum absolute atomic E-state index is 0.245. The number of unbranched alkanes of at least 4 members (excludes halogenated alkanes) is 1. The lowest BCUT2D eigenvalue weighted by atomic mass is 10.0. The summed E-state index contributed by atoms with van der Waals surface area (Å²) < 4.78 is 4.74. The summed E-state index contributed by atoms with van der Waals surface area (Å²) in [4.78, 5) is 11.4. The average molecular weight is 206 g/mol. The van der Waals surface area contributed by atoms with Crippen molar-refractivity contribution in [2.24, 2.45) is 0 Å². The smallest absolute Gasteiger partial charge is 0.338 e. The molecule has 0 aromatic heterocycles. The summed E-state index contributed by atoms with van der Waals surface area (Å²) in [7, 11) is 1.42. The maximum absolute atomic E-state index is 11.4. The molecule has 15 heavy (non-hydrogen) atoms. The van der Waals surface area contributed by atoms with Gasteiger partial charge in [-0.25, -0.2) is 4.79 Å². The van der Waals surface area contributed by atoms with Crippen LogP contribution < -0.4 is 0 Å². The number of esters is 1. The number of aryl methyl sites for hydroxylation is 2. The highest BCUT2D eigenvalue weighted by Gasteiger charge is 2.09.